The van der Waals surface area contributed by atoms with Crippen LogP contribution in [0.2, 0.25) is 0 Å². The molecule has 1 unspecified atom stereocenters. The van der Waals surface area contributed by atoms with Crippen molar-refractivity contribution in [3.63, 3.8) is 0 Å². The molecule has 1 atom stereocenters. The molecular weight excluding hydrogens is 281 g/mol. The summed E-state index contributed by atoms with van der Waals surface area (Å²) >= 11 is 0. The molecule has 1 N–H and O–H groups in total. The molecule has 0 aliphatic carbocycles. The summed E-state index contributed by atoms with van der Waals surface area (Å²) in [5.74, 6) is 0.231. The molecule has 0 spiro atoms. The maximum Gasteiger partial charge on any atom is 0.251 e. The number of para-hydroxylation sites is 1. The predicted octanol–water partition coefficient (Wildman–Crippen LogP) is 3.86. The number of benzene rings is 2. The predicted molar refractivity (Wildman–Crippen MR) is 82.4 cm³/mol. The molecule has 0 saturated heterocycles. The van der Waals surface area contributed by atoms with E-state index in [1.165, 1.54) is 24.3 Å². The number of ether oxygens (including phenoxy) is 1. The van der Waals surface area contributed by atoms with Crippen molar-refractivity contribution in [2.45, 2.75) is 31.9 Å². The minimum absolute atomic E-state index is 0.127. The minimum atomic E-state index is -0.353. The molecule has 0 saturated carbocycles. The van der Waals surface area contributed by atoms with E-state index in [0.29, 0.717) is 12.0 Å². The smallest absolute Gasteiger partial charge is 0.251 e. The number of nitrogens with one attached hydrogen (secondary N) is 1. The van der Waals surface area contributed by atoms with E-state index >= 15 is 0 Å². The second kappa shape index (κ2) is 5.44. The monoisotopic (exact) mass is 299 g/mol. The summed E-state index contributed by atoms with van der Waals surface area (Å²) in [5.41, 5.74) is 1.07. The zero-order valence-electron chi connectivity index (χ0n) is 12.6. The van der Waals surface area contributed by atoms with Crippen LogP contribution < -0.4 is 10.1 Å². The van der Waals surface area contributed by atoms with Crippen LogP contribution in [0.4, 0.5) is 4.39 Å². The topological polar surface area (TPSA) is 38.3 Å². The fourth-order valence-electron chi connectivity index (χ4n) is 2.77. The molecule has 4 heteroatoms. The molecule has 3 rings (SSSR count). The highest BCUT2D eigenvalue weighted by atomic mass is 19.1. The summed E-state index contributed by atoms with van der Waals surface area (Å²) in [7, 11) is 0. The second-order valence-electron chi connectivity index (χ2n) is 6.14. The summed E-state index contributed by atoms with van der Waals surface area (Å²) in [6.45, 7) is 4.00. The fourth-order valence-corrected chi connectivity index (χ4v) is 2.77. The number of fused-ring (bicyclic) bond motifs is 1. The number of carbonyl (C=O) groups is 1. The molecule has 1 aliphatic heterocycles. The molecule has 0 aromatic heterocycles. The van der Waals surface area contributed by atoms with Crippen molar-refractivity contribution < 1.29 is 13.9 Å². The lowest BCUT2D eigenvalue weighted by atomic mass is 9.89. The maximum absolute atomic E-state index is 13.0. The number of amides is 1. The van der Waals surface area contributed by atoms with Crippen LogP contribution >= 0.6 is 0 Å². The maximum atomic E-state index is 13.0. The van der Waals surface area contributed by atoms with Crippen LogP contribution in [0.3, 0.4) is 0 Å². The van der Waals surface area contributed by atoms with Gasteiger partial charge in [0.05, 0.1) is 6.04 Å². The molecule has 0 radical (unpaired) electrons. The van der Waals surface area contributed by atoms with Gasteiger partial charge in [0.1, 0.15) is 17.2 Å². The van der Waals surface area contributed by atoms with Crippen LogP contribution in [0.25, 0.3) is 0 Å². The number of hydrogen-bond acceptors (Lipinski definition) is 2. The van der Waals surface area contributed by atoms with Crippen molar-refractivity contribution in [2.24, 2.45) is 0 Å². The van der Waals surface area contributed by atoms with Gasteiger partial charge in [-0.2, -0.15) is 0 Å². The highest BCUT2D eigenvalue weighted by molar-refractivity contribution is 5.94. The van der Waals surface area contributed by atoms with Crippen LogP contribution in [-0.4, -0.2) is 11.5 Å². The molecule has 114 valence electrons. The van der Waals surface area contributed by atoms with E-state index in [4.69, 9.17) is 4.74 Å². The van der Waals surface area contributed by atoms with Crippen molar-refractivity contribution in [3.05, 3.63) is 65.5 Å². The fraction of sp³-hybridized carbons (Fsp3) is 0.278. The van der Waals surface area contributed by atoms with Gasteiger partial charge >= 0.3 is 0 Å². The average Bonchev–Trinajstić information content (AvgIpc) is 2.46. The third-order valence-electron chi connectivity index (χ3n) is 3.79. The van der Waals surface area contributed by atoms with Crippen molar-refractivity contribution in [3.8, 4) is 5.75 Å². The quantitative estimate of drug-likeness (QED) is 0.914. The largest absolute Gasteiger partial charge is 0.487 e. The third kappa shape index (κ3) is 2.96. The Morgan fingerprint density at radius 1 is 1.18 bits per heavy atom. The minimum Gasteiger partial charge on any atom is -0.487 e. The van der Waals surface area contributed by atoms with Crippen LogP contribution in [-0.2, 0) is 0 Å². The first kappa shape index (κ1) is 14.6. The van der Waals surface area contributed by atoms with Gasteiger partial charge in [-0.25, -0.2) is 4.39 Å². The van der Waals surface area contributed by atoms with E-state index in [1.807, 2.05) is 38.1 Å². The Morgan fingerprint density at radius 3 is 2.59 bits per heavy atom. The summed E-state index contributed by atoms with van der Waals surface area (Å²) in [6, 6.07) is 13.1. The molecule has 2 aromatic carbocycles. The number of halogens is 1. The highest BCUT2D eigenvalue weighted by Crippen LogP contribution is 2.39. The lowest BCUT2D eigenvalue weighted by Gasteiger charge is -2.37. The molecule has 1 heterocycles. The third-order valence-corrected chi connectivity index (χ3v) is 3.79. The van der Waals surface area contributed by atoms with Gasteiger partial charge in [0.25, 0.3) is 5.91 Å². The van der Waals surface area contributed by atoms with Gasteiger partial charge in [0.2, 0.25) is 0 Å². The van der Waals surface area contributed by atoms with Crippen molar-refractivity contribution in [1.29, 1.82) is 0 Å². The van der Waals surface area contributed by atoms with E-state index in [0.717, 1.165) is 11.3 Å². The highest BCUT2D eigenvalue weighted by Gasteiger charge is 2.34. The summed E-state index contributed by atoms with van der Waals surface area (Å²) in [4.78, 5) is 12.4. The van der Waals surface area contributed by atoms with E-state index in [1.54, 1.807) is 0 Å². The number of carbonyl (C=O) groups excluding carboxylic acids is 1. The second-order valence-corrected chi connectivity index (χ2v) is 6.14. The van der Waals surface area contributed by atoms with E-state index in [2.05, 4.69) is 5.32 Å². The Labute approximate surface area is 129 Å². The van der Waals surface area contributed by atoms with Crippen LogP contribution in [0.5, 0.6) is 5.75 Å². The molecule has 3 nitrogen and oxygen atoms in total. The van der Waals surface area contributed by atoms with Crippen molar-refractivity contribution >= 4 is 5.91 Å². The van der Waals surface area contributed by atoms with Gasteiger partial charge in [0.15, 0.2) is 0 Å². The molecule has 1 aliphatic rings. The van der Waals surface area contributed by atoms with Crippen LogP contribution in [0, 0.1) is 5.82 Å². The lowest BCUT2D eigenvalue weighted by molar-refractivity contribution is 0.0620. The van der Waals surface area contributed by atoms with Crippen LogP contribution in [0.1, 0.15) is 42.2 Å². The van der Waals surface area contributed by atoms with Gasteiger partial charge < -0.3 is 10.1 Å². The van der Waals surface area contributed by atoms with Crippen molar-refractivity contribution in [1.82, 2.24) is 5.32 Å². The normalized spacial score (nSPS) is 19.0. The Balaban J connectivity index is 1.85. The van der Waals surface area contributed by atoms with E-state index in [9.17, 15) is 9.18 Å². The first-order chi connectivity index (χ1) is 10.4. The zero-order valence-corrected chi connectivity index (χ0v) is 12.6. The van der Waals surface area contributed by atoms with Gasteiger partial charge in [-0.15, -0.1) is 0 Å². The summed E-state index contributed by atoms with van der Waals surface area (Å²) < 4.78 is 18.9. The first-order valence-electron chi connectivity index (χ1n) is 7.29. The van der Waals surface area contributed by atoms with Gasteiger partial charge in [-0.3, -0.25) is 4.79 Å². The molecule has 2 aromatic rings. The zero-order chi connectivity index (χ0) is 15.7. The van der Waals surface area contributed by atoms with Crippen molar-refractivity contribution in [2.75, 3.05) is 0 Å². The Kier molecular flexibility index (Phi) is 3.61. The number of hydrogen-bond donors (Lipinski definition) is 1. The molecule has 22 heavy (non-hydrogen) atoms. The molecular formula is C18H18FNO2. The summed E-state index contributed by atoms with van der Waals surface area (Å²) in [6.07, 6.45) is 0.678. The van der Waals surface area contributed by atoms with Gasteiger partial charge in [-0.05, 0) is 44.2 Å². The summed E-state index contributed by atoms with van der Waals surface area (Å²) in [5, 5.41) is 3.03. The van der Waals surface area contributed by atoms with Gasteiger partial charge in [0, 0.05) is 17.5 Å². The first-order valence-corrected chi connectivity index (χ1v) is 7.29. The Bertz CT molecular complexity index is 694. The SMILES string of the molecule is CC1(C)CC(NC(=O)c2ccc(F)cc2)c2ccccc2O1. The number of rotatable bonds is 2. The van der Waals surface area contributed by atoms with Crippen LogP contribution in [0.15, 0.2) is 48.5 Å². The van der Waals surface area contributed by atoms with E-state index < -0.39 is 0 Å². The van der Waals surface area contributed by atoms with E-state index in [-0.39, 0.29) is 23.4 Å². The Morgan fingerprint density at radius 2 is 1.86 bits per heavy atom. The lowest BCUT2D eigenvalue weighted by Crippen LogP contribution is -2.41. The standard InChI is InChI=1S/C18H18FNO2/c1-18(2)11-15(14-5-3-4-6-16(14)22-18)20-17(21)12-7-9-13(19)10-8-12/h3-10,15H,11H2,1-2H3,(H,20,21). The van der Waals surface area contributed by atoms with Gasteiger partial charge in [-0.1, -0.05) is 18.2 Å². The Hall–Kier alpha value is -2.36. The average molecular weight is 299 g/mol. The molecule has 0 bridgehead atoms. The molecule has 0 fully saturated rings. The molecule has 1 amide bonds.